The minimum Gasteiger partial charge on any atom is -0.486 e. The molecule has 0 N–H and O–H groups in total. The van der Waals surface area contributed by atoms with Gasteiger partial charge in [-0.2, -0.15) is 5.26 Å². The molecular weight excluding hydrogens is 268 g/mol. The molecule has 0 unspecified atom stereocenters. The first-order valence-corrected chi connectivity index (χ1v) is 7.43. The summed E-state index contributed by atoms with van der Waals surface area (Å²) in [5.41, 5.74) is 3.11. The van der Waals surface area contributed by atoms with Gasteiger partial charge in [0.25, 0.3) is 0 Å². The molecule has 104 valence electrons. The first-order chi connectivity index (χ1) is 9.52. The lowest BCUT2D eigenvalue weighted by molar-refractivity contribution is 0.301. The van der Waals surface area contributed by atoms with Gasteiger partial charge in [-0.25, -0.2) is 4.98 Å². The molecule has 2 aromatic rings. The van der Waals surface area contributed by atoms with E-state index in [9.17, 15) is 0 Å². The van der Waals surface area contributed by atoms with Crippen molar-refractivity contribution in [1.29, 1.82) is 5.26 Å². The highest BCUT2D eigenvalue weighted by Gasteiger charge is 2.14. The van der Waals surface area contributed by atoms with Gasteiger partial charge in [0.05, 0.1) is 5.69 Å². The van der Waals surface area contributed by atoms with E-state index in [0.29, 0.717) is 11.5 Å². The first kappa shape index (κ1) is 14.5. The third kappa shape index (κ3) is 3.00. The van der Waals surface area contributed by atoms with Crippen molar-refractivity contribution in [3.63, 3.8) is 0 Å². The summed E-state index contributed by atoms with van der Waals surface area (Å²) in [4.78, 5) is 5.22. The third-order valence-corrected chi connectivity index (χ3v) is 4.04. The predicted octanol–water partition coefficient (Wildman–Crippen LogP) is 4.33. The largest absolute Gasteiger partial charge is 0.486 e. The molecule has 0 amide bonds. The van der Waals surface area contributed by atoms with Crippen LogP contribution in [0.15, 0.2) is 18.2 Å². The number of rotatable bonds is 4. The Morgan fingerprint density at radius 1 is 1.30 bits per heavy atom. The minimum absolute atomic E-state index is 0.259. The van der Waals surface area contributed by atoms with Crippen LogP contribution >= 0.6 is 11.3 Å². The summed E-state index contributed by atoms with van der Waals surface area (Å²) in [6.45, 7) is 8.57. The van der Waals surface area contributed by atoms with E-state index in [1.165, 1.54) is 11.3 Å². The Balaban J connectivity index is 2.18. The molecule has 0 fully saturated rings. The monoisotopic (exact) mass is 286 g/mol. The van der Waals surface area contributed by atoms with Crippen molar-refractivity contribution in [2.75, 3.05) is 0 Å². The van der Waals surface area contributed by atoms with E-state index in [0.717, 1.165) is 27.6 Å². The van der Waals surface area contributed by atoms with E-state index < -0.39 is 0 Å². The van der Waals surface area contributed by atoms with Crippen LogP contribution in [0, 0.1) is 25.2 Å². The molecule has 0 aliphatic rings. The summed E-state index contributed by atoms with van der Waals surface area (Å²) in [7, 11) is 0. The predicted molar refractivity (Wildman–Crippen MR) is 81.2 cm³/mol. The average molecular weight is 286 g/mol. The number of nitriles is 1. The first-order valence-electron chi connectivity index (χ1n) is 6.61. The van der Waals surface area contributed by atoms with Crippen molar-refractivity contribution < 1.29 is 4.74 Å². The molecule has 0 saturated carbocycles. The number of hydrogen-bond donors (Lipinski definition) is 0. The zero-order valence-corrected chi connectivity index (χ0v) is 13.0. The van der Waals surface area contributed by atoms with Crippen LogP contribution in [0.3, 0.4) is 0 Å². The summed E-state index contributed by atoms with van der Waals surface area (Å²) in [6, 6.07) is 8.30. The van der Waals surface area contributed by atoms with Crippen LogP contribution in [-0.2, 0) is 6.61 Å². The molecule has 0 aliphatic heterocycles. The van der Waals surface area contributed by atoms with Gasteiger partial charge >= 0.3 is 0 Å². The molecule has 1 aromatic heterocycles. The Morgan fingerprint density at radius 3 is 2.45 bits per heavy atom. The van der Waals surface area contributed by atoms with E-state index in [4.69, 9.17) is 10.00 Å². The van der Waals surface area contributed by atoms with Gasteiger partial charge in [0, 0.05) is 0 Å². The molecular formula is C16H18N2OS. The van der Waals surface area contributed by atoms with Gasteiger partial charge in [-0.05, 0) is 30.9 Å². The summed E-state index contributed by atoms with van der Waals surface area (Å²) in [5.74, 6) is 1.17. The average Bonchev–Trinajstić information content (AvgIpc) is 2.81. The quantitative estimate of drug-likeness (QED) is 0.840. The highest BCUT2D eigenvalue weighted by Crippen LogP contribution is 2.27. The van der Waals surface area contributed by atoms with Gasteiger partial charge in [0.2, 0.25) is 0 Å². The Labute approximate surface area is 123 Å². The maximum Gasteiger partial charge on any atom is 0.140 e. The Bertz CT molecular complexity index is 633. The van der Waals surface area contributed by atoms with Gasteiger partial charge < -0.3 is 4.74 Å². The number of hydrogen-bond acceptors (Lipinski definition) is 4. The second-order valence-electron chi connectivity index (χ2n) is 5.10. The fraction of sp³-hybridized carbons (Fsp3) is 0.375. The number of nitrogens with zero attached hydrogens (tertiary/aromatic N) is 2. The van der Waals surface area contributed by atoms with Crippen molar-refractivity contribution in [3.05, 3.63) is 44.9 Å². The maximum atomic E-state index is 9.13. The number of aromatic nitrogens is 1. The summed E-state index contributed by atoms with van der Waals surface area (Å²) < 4.78 is 5.88. The van der Waals surface area contributed by atoms with Crippen molar-refractivity contribution in [2.45, 2.75) is 40.2 Å². The molecule has 0 radical (unpaired) electrons. The lowest BCUT2D eigenvalue weighted by Crippen LogP contribution is -1.99. The van der Waals surface area contributed by atoms with Gasteiger partial charge in [-0.15, -0.1) is 11.3 Å². The molecule has 0 atom stereocenters. The van der Waals surface area contributed by atoms with Crippen LogP contribution in [0.1, 0.15) is 46.5 Å². The molecule has 0 saturated heterocycles. The Hall–Kier alpha value is -1.86. The number of benzene rings is 1. The van der Waals surface area contributed by atoms with Crippen LogP contribution in [-0.4, -0.2) is 4.98 Å². The van der Waals surface area contributed by atoms with Crippen LogP contribution in [0.5, 0.6) is 5.75 Å². The second kappa shape index (κ2) is 6.06. The van der Waals surface area contributed by atoms with Gasteiger partial charge in [0.15, 0.2) is 0 Å². The SMILES string of the molecule is Cc1cccc(C)c1OCc1nc(C(C)C)c(C#N)s1. The number of aryl methyl sites for hydroxylation is 2. The van der Waals surface area contributed by atoms with Crippen LogP contribution in [0.2, 0.25) is 0 Å². The van der Waals surface area contributed by atoms with Crippen molar-refractivity contribution >= 4 is 11.3 Å². The van der Waals surface area contributed by atoms with E-state index in [2.05, 4.69) is 11.1 Å². The van der Waals surface area contributed by atoms with Crippen molar-refractivity contribution in [3.8, 4) is 11.8 Å². The second-order valence-corrected chi connectivity index (χ2v) is 6.18. The topological polar surface area (TPSA) is 45.9 Å². The number of para-hydroxylation sites is 1. The smallest absolute Gasteiger partial charge is 0.140 e. The third-order valence-electron chi connectivity index (χ3n) is 3.09. The molecule has 3 nitrogen and oxygen atoms in total. The molecule has 20 heavy (non-hydrogen) atoms. The van der Waals surface area contributed by atoms with E-state index in [-0.39, 0.29) is 5.92 Å². The maximum absolute atomic E-state index is 9.13. The molecule has 2 rings (SSSR count). The highest BCUT2D eigenvalue weighted by molar-refractivity contribution is 7.12. The molecule has 0 aliphatic carbocycles. The Morgan fingerprint density at radius 2 is 1.95 bits per heavy atom. The normalized spacial score (nSPS) is 10.6. The highest BCUT2D eigenvalue weighted by atomic mass is 32.1. The van der Waals surface area contributed by atoms with E-state index in [1.54, 1.807) is 0 Å². The molecule has 0 bridgehead atoms. The van der Waals surface area contributed by atoms with Gasteiger partial charge in [-0.1, -0.05) is 32.0 Å². The number of ether oxygens (including phenoxy) is 1. The van der Waals surface area contributed by atoms with Crippen molar-refractivity contribution in [1.82, 2.24) is 4.98 Å². The van der Waals surface area contributed by atoms with E-state index >= 15 is 0 Å². The lowest BCUT2D eigenvalue weighted by atomic mass is 10.1. The Kier molecular flexibility index (Phi) is 4.41. The van der Waals surface area contributed by atoms with Crippen LogP contribution in [0.25, 0.3) is 0 Å². The fourth-order valence-corrected chi connectivity index (χ4v) is 3.00. The molecule has 1 heterocycles. The molecule has 4 heteroatoms. The standard InChI is InChI=1S/C16H18N2OS/c1-10(2)15-13(8-17)20-14(18-15)9-19-16-11(3)6-5-7-12(16)4/h5-7,10H,9H2,1-4H3. The molecule has 1 aromatic carbocycles. The van der Waals surface area contributed by atoms with Crippen LogP contribution in [0.4, 0.5) is 0 Å². The summed E-state index contributed by atoms with van der Waals surface area (Å²) in [5, 5.41) is 9.99. The fourth-order valence-electron chi connectivity index (χ4n) is 2.07. The van der Waals surface area contributed by atoms with E-state index in [1.807, 2.05) is 45.9 Å². The zero-order valence-electron chi connectivity index (χ0n) is 12.2. The van der Waals surface area contributed by atoms with Gasteiger partial charge in [0.1, 0.15) is 28.3 Å². The van der Waals surface area contributed by atoms with Crippen LogP contribution < -0.4 is 4.74 Å². The summed E-state index contributed by atoms with van der Waals surface area (Å²) >= 11 is 1.42. The number of thiazole rings is 1. The zero-order chi connectivity index (χ0) is 14.7. The van der Waals surface area contributed by atoms with Crippen molar-refractivity contribution in [2.24, 2.45) is 0 Å². The molecule has 0 spiro atoms. The summed E-state index contributed by atoms with van der Waals surface area (Å²) in [6.07, 6.45) is 0. The van der Waals surface area contributed by atoms with Gasteiger partial charge in [-0.3, -0.25) is 0 Å². The lowest BCUT2D eigenvalue weighted by Gasteiger charge is -2.10. The minimum atomic E-state index is 0.259.